The molecule has 0 radical (unpaired) electrons. The van der Waals surface area contributed by atoms with Gasteiger partial charge in [0.05, 0.1) is 12.7 Å². The largest absolute Gasteiger partial charge is 0.372 e. The number of rotatable bonds is 1. The lowest BCUT2D eigenvalue weighted by atomic mass is 10.0. The molecule has 1 atom stereocenters. The fourth-order valence-corrected chi connectivity index (χ4v) is 1.92. The van der Waals surface area contributed by atoms with E-state index in [-0.39, 0.29) is 0 Å². The van der Waals surface area contributed by atoms with Gasteiger partial charge in [-0.25, -0.2) is 0 Å². The lowest BCUT2D eigenvalue weighted by Gasteiger charge is -2.23. The third kappa shape index (κ3) is 1.54. The maximum Gasteiger partial charge on any atom is 0.0723 e. The Morgan fingerprint density at radius 2 is 2.08 bits per heavy atom. The van der Waals surface area contributed by atoms with Gasteiger partial charge in [0.1, 0.15) is 0 Å². The molecule has 64 valence electrons. The second-order valence-electron chi connectivity index (χ2n) is 3.06. The molecule has 1 heterocycles. The highest BCUT2D eigenvalue weighted by atomic mass is 79.9. The van der Waals surface area contributed by atoms with Gasteiger partial charge in [0.2, 0.25) is 0 Å². The molecule has 0 spiro atoms. The maximum absolute atomic E-state index is 5.61. The van der Waals surface area contributed by atoms with Gasteiger partial charge in [0.25, 0.3) is 0 Å². The first-order valence-corrected chi connectivity index (χ1v) is 5.26. The molecule has 0 bridgehead atoms. The topological polar surface area (TPSA) is 9.23 Å². The molecule has 1 aromatic carbocycles. The second-order valence-corrected chi connectivity index (χ2v) is 3.71. The average Bonchev–Trinajstić information content (AvgIpc) is 2.17. The Bertz CT molecular complexity index is 272. The zero-order valence-corrected chi connectivity index (χ0v) is 8.38. The van der Waals surface area contributed by atoms with Gasteiger partial charge in [-0.3, -0.25) is 0 Å². The summed E-state index contributed by atoms with van der Waals surface area (Å²) in [5, 5.41) is 0.932. The van der Waals surface area contributed by atoms with Gasteiger partial charge >= 0.3 is 0 Å². The molecule has 12 heavy (non-hydrogen) atoms. The first-order chi connectivity index (χ1) is 5.90. The molecule has 0 aromatic heterocycles. The molecular weight excluding hydrogens is 216 g/mol. The summed E-state index contributed by atoms with van der Waals surface area (Å²) in [4.78, 5) is 0. The first kappa shape index (κ1) is 8.27. The van der Waals surface area contributed by atoms with E-state index in [2.05, 4.69) is 40.2 Å². The van der Waals surface area contributed by atoms with Crippen LogP contribution in [0.25, 0.3) is 0 Å². The molecule has 1 unspecified atom stereocenters. The van der Waals surface area contributed by atoms with E-state index in [1.54, 1.807) is 0 Å². The van der Waals surface area contributed by atoms with Crippen molar-refractivity contribution in [3.05, 3.63) is 35.4 Å². The summed E-state index contributed by atoms with van der Waals surface area (Å²) >= 11 is 3.44. The molecule has 2 rings (SSSR count). The summed E-state index contributed by atoms with van der Waals surface area (Å²) in [6, 6.07) is 8.49. The highest BCUT2D eigenvalue weighted by Gasteiger charge is 2.16. The molecule has 0 aliphatic carbocycles. The zero-order chi connectivity index (χ0) is 8.39. The van der Waals surface area contributed by atoms with Crippen molar-refractivity contribution in [1.82, 2.24) is 0 Å². The van der Waals surface area contributed by atoms with Crippen LogP contribution in [0.4, 0.5) is 0 Å². The van der Waals surface area contributed by atoms with Crippen LogP contribution in [0.2, 0.25) is 0 Å². The van der Waals surface area contributed by atoms with E-state index in [0.717, 1.165) is 18.4 Å². The van der Waals surface area contributed by atoms with Crippen LogP contribution in [0.15, 0.2) is 24.3 Å². The average molecular weight is 227 g/mol. The van der Waals surface area contributed by atoms with Crippen molar-refractivity contribution in [3.8, 4) is 0 Å². The van der Waals surface area contributed by atoms with Gasteiger partial charge in [-0.15, -0.1) is 0 Å². The minimum atomic E-state index is 0.361. The lowest BCUT2D eigenvalue weighted by molar-refractivity contribution is 0.0449. The van der Waals surface area contributed by atoms with Crippen LogP contribution in [0.3, 0.4) is 0 Å². The lowest BCUT2D eigenvalue weighted by Crippen LogP contribution is -2.23. The Morgan fingerprint density at radius 1 is 1.33 bits per heavy atom. The van der Waals surface area contributed by atoms with Crippen molar-refractivity contribution in [2.24, 2.45) is 0 Å². The molecule has 0 N–H and O–H groups in total. The summed E-state index contributed by atoms with van der Waals surface area (Å²) in [7, 11) is 0. The van der Waals surface area contributed by atoms with Crippen LogP contribution in [-0.2, 0) is 17.8 Å². The normalized spacial score (nSPS) is 21.9. The van der Waals surface area contributed by atoms with Crippen molar-refractivity contribution in [1.29, 1.82) is 0 Å². The monoisotopic (exact) mass is 226 g/mol. The number of hydrogen-bond donors (Lipinski definition) is 0. The van der Waals surface area contributed by atoms with E-state index in [4.69, 9.17) is 4.74 Å². The van der Waals surface area contributed by atoms with E-state index in [9.17, 15) is 0 Å². The van der Waals surface area contributed by atoms with E-state index in [1.807, 2.05) is 0 Å². The molecule has 0 saturated carbocycles. The number of fused-ring (bicyclic) bond motifs is 1. The SMILES string of the molecule is BrCC1Cc2ccccc2CO1. The van der Waals surface area contributed by atoms with Crippen LogP contribution in [0, 0.1) is 0 Å². The number of alkyl halides is 1. The minimum absolute atomic E-state index is 0.361. The maximum atomic E-state index is 5.61. The number of ether oxygens (including phenoxy) is 1. The summed E-state index contributed by atoms with van der Waals surface area (Å²) in [5.41, 5.74) is 2.78. The summed E-state index contributed by atoms with van der Waals surface area (Å²) in [5.74, 6) is 0. The zero-order valence-electron chi connectivity index (χ0n) is 6.79. The number of benzene rings is 1. The third-order valence-corrected chi connectivity index (χ3v) is 2.93. The Hall–Kier alpha value is -0.340. The van der Waals surface area contributed by atoms with Gasteiger partial charge in [-0.05, 0) is 17.5 Å². The molecular formula is C10H11BrO. The van der Waals surface area contributed by atoms with Crippen molar-refractivity contribution in [2.75, 3.05) is 5.33 Å². The Labute approximate surface area is 80.9 Å². The molecule has 0 fully saturated rings. The molecule has 2 heteroatoms. The highest BCUT2D eigenvalue weighted by Crippen LogP contribution is 2.20. The van der Waals surface area contributed by atoms with Crippen LogP contribution in [-0.4, -0.2) is 11.4 Å². The quantitative estimate of drug-likeness (QED) is 0.670. The van der Waals surface area contributed by atoms with Crippen molar-refractivity contribution in [2.45, 2.75) is 19.1 Å². The number of halogens is 1. The second kappa shape index (κ2) is 3.58. The van der Waals surface area contributed by atoms with E-state index in [1.165, 1.54) is 11.1 Å². The Balaban J connectivity index is 2.23. The van der Waals surface area contributed by atoms with Crippen LogP contribution in [0.5, 0.6) is 0 Å². The van der Waals surface area contributed by atoms with Gasteiger partial charge in [0.15, 0.2) is 0 Å². The predicted molar refractivity (Wildman–Crippen MR) is 52.5 cm³/mol. The molecule has 1 aliphatic rings. The molecule has 1 nitrogen and oxygen atoms in total. The fraction of sp³-hybridized carbons (Fsp3) is 0.400. The van der Waals surface area contributed by atoms with E-state index in [0.29, 0.717) is 6.10 Å². The number of hydrogen-bond acceptors (Lipinski definition) is 1. The Morgan fingerprint density at radius 3 is 2.83 bits per heavy atom. The smallest absolute Gasteiger partial charge is 0.0723 e. The van der Waals surface area contributed by atoms with Crippen molar-refractivity contribution < 1.29 is 4.74 Å². The minimum Gasteiger partial charge on any atom is -0.372 e. The van der Waals surface area contributed by atoms with Crippen LogP contribution < -0.4 is 0 Å². The standard InChI is InChI=1S/C10H11BrO/c11-6-10-5-8-3-1-2-4-9(8)7-12-10/h1-4,10H,5-7H2. The molecule has 1 aromatic rings. The molecule has 0 saturated heterocycles. The van der Waals surface area contributed by atoms with Gasteiger partial charge in [-0.2, -0.15) is 0 Å². The van der Waals surface area contributed by atoms with Crippen molar-refractivity contribution >= 4 is 15.9 Å². The highest BCUT2D eigenvalue weighted by molar-refractivity contribution is 9.09. The fourth-order valence-electron chi connectivity index (χ4n) is 1.51. The van der Waals surface area contributed by atoms with Crippen LogP contribution in [0.1, 0.15) is 11.1 Å². The first-order valence-electron chi connectivity index (χ1n) is 4.14. The molecule has 1 aliphatic heterocycles. The van der Waals surface area contributed by atoms with Gasteiger partial charge in [0, 0.05) is 5.33 Å². The van der Waals surface area contributed by atoms with E-state index < -0.39 is 0 Å². The predicted octanol–water partition coefficient (Wildman–Crippen LogP) is 2.52. The summed E-state index contributed by atoms with van der Waals surface area (Å²) in [6.45, 7) is 0.770. The van der Waals surface area contributed by atoms with Crippen LogP contribution >= 0.6 is 15.9 Å². The van der Waals surface area contributed by atoms with Gasteiger partial charge in [-0.1, -0.05) is 40.2 Å². The Kier molecular flexibility index (Phi) is 2.47. The molecule has 0 amide bonds. The summed E-state index contributed by atoms with van der Waals surface area (Å²) in [6.07, 6.45) is 1.40. The third-order valence-electron chi connectivity index (χ3n) is 2.21. The summed E-state index contributed by atoms with van der Waals surface area (Å²) < 4.78 is 5.61. The van der Waals surface area contributed by atoms with E-state index >= 15 is 0 Å². The van der Waals surface area contributed by atoms with Crippen molar-refractivity contribution in [3.63, 3.8) is 0 Å². The van der Waals surface area contributed by atoms with Gasteiger partial charge < -0.3 is 4.74 Å².